The fourth-order valence-corrected chi connectivity index (χ4v) is 4.12. The van der Waals surface area contributed by atoms with Crippen molar-refractivity contribution in [3.63, 3.8) is 0 Å². The van der Waals surface area contributed by atoms with E-state index in [-0.39, 0.29) is 34.3 Å². The van der Waals surface area contributed by atoms with Gasteiger partial charge in [0.2, 0.25) is 0 Å². The van der Waals surface area contributed by atoms with Crippen LogP contribution in [0.2, 0.25) is 5.02 Å². The Bertz CT molecular complexity index is 1230. The standard InChI is InChI=1S/C25H20ClFN2O4/c1-33-20-9-6-16(13-19(20)26)23(30)21-22(17-3-2-11-28-14-17)29(25(32)24(21)31)12-10-15-4-7-18(27)8-5-15/h2-9,11,13-14,22,30H,10,12H2,1H3/b23-21-. The van der Waals surface area contributed by atoms with E-state index in [4.69, 9.17) is 16.3 Å². The number of pyridine rings is 1. The van der Waals surface area contributed by atoms with Crippen molar-refractivity contribution in [2.45, 2.75) is 12.5 Å². The van der Waals surface area contributed by atoms with Crippen molar-refractivity contribution in [2.75, 3.05) is 13.7 Å². The van der Waals surface area contributed by atoms with Crippen LogP contribution in [0.1, 0.15) is 22.7 Å². The maximum Gasteiger partial charge on any atom is 0.295 e. The molecule has 2 aromatic carbocycles. The summed E-state index contributed by atoms with van der Waals surface area (Å²) in [5.41, 5.74) is 1.63. The fraction of sp³-hybridized carbons (Fsp3) is 0.160. The van der Waals surface area contributed by atoms with Gasteiger partial charge >= 0.3 is 0 Å². The van der Waals surface area contributed by atoms with E-state index >= 15 is 0 Å². The van der Waals surface area contributed by atoms with Crippen LogP contribution in [-0.4, -0.2) is 40.3 Å². The number of nitrogens with zero attached hydrogens (tertiary/aromatic N) is 2. The molecule has 1 atom stereocenters. The van der Waals surface area contributed by atoms with Crippen molar-refractivity contribution in [3.8, 4) is 5.75 Å². The largest absolute Gasteiger partial charge is 0.507 e. The van der Waals surface area contributed by atoms with Crippen LogP contribution in [0.4, 0.5) is 4.39 Å². The number of carbonyl (C=O) groups excluding carboxylic acids is 2. The number of Topliss-reactive ketones (excluding diaryl/α,β-unsaturated/α-hetero) is 1. The number of hydrogen-bond donors (Lipinski definition) is 1. The van der Waals surface area contributed by atoms with Gasteiger partial charge in [-0.2, -0.15) is 0 Å². The minimum absolute atomic E-state index is 0.0478. The minimum Gasteiger partial charge on any atom is -0.507 e. The van der Waals surface area contributed by atoms with Crippen molar-refractivity contribution in [3.05, 3.63) is 100 Å². The third-order valence-electron chi connectivity index (χ3n) is 5.52. The third-order valence-corrected chi connectivity index (χ3v) is 5.82. The highest BCUT2D eigenvalue weighted by molar-refractivity contribution is 6.46. The Morgan fingerprint density at radius 2 is 1.94 bits per heavy atom. The molecule has 0 bridgehead atoms. The molecule has 0 radical (unpaired) electrons. The molecule has 1 N–H and O–H groups in total. The number of halogens is 2. The van der Waals surface area contributed by atoms with Crippen LogP contribution in [0.15, 0.2) is 72.6 Å². The van der Waals surface area contributed by atoms with E-state index in [1.165, 1.54) is 30.2 Å². The number of hydrogen-bond acceptors (Lipinski definition) is 5. The molecule has 1 unspecified atom stereocenters. The number of aromatic nitrogens is 1. The molecule has 2 heterocycles. The van der Waals surface area contributed by atoms with Gasteiger partial charge in [0, 0.05) is 24.5 Å². The Balaban J connectivity index is 1.76. The quantitative estimate of drug-likeness (QED) is 0.327. The lowest BCUT2D eigenvalue weighted by atomic mass is 9.96. The summed E-state index contributed by atoms with van der Waals surface area (Å²) in [6.07, 6.45) is 3.53. The van der Waals surface area contributed by atoms with Gasteiger partial charge in [0.25, 0.3) is 11.7 Å². The molecule has 6 nitrogen and oxygen atoms in total. The van der Waals surface area contributed by atoms with Crippen molar-refractivity contribution in [1.82, 2.24) is 9.88 Å². The smallest absolute Gasteiger partial charge is 0.295 e. The van der Waals surface area contributed by atoms with Gasteiger partial charge in [0.15, 0.2) is 0 Å². The summed E-state index contributed by atoms with van der Waals surface area (Å²) in [6.45, 7) is 0.190. The number of benzene rings is 2. The molecular formula is C25H20ClFN2O4. The first-order valence-electron chi connectivity index (χ1n) is 10.2. The molecule has 1 aromatic heterocycles. The van der Waals surface area contributed by atoms with Gasteiger partial charge < -0.3 is 14.7 Å². The Morgan fingerprint density at radius 3 is 2.58 bits per heavy atom. The SMILES string of the molecule is COc1ccc(/C(O)=C2/C(=O)C(=O)N(CCc3ccc(F)cc3)C2c2cccnc2)cc1Cl. The van der Waals surface area contributed by atoms with E-state index in [1.54, 1.807) is 48.8 Å². The zero-order valence-electron chi connectivity index (χ0n) is 17.7. The lowest BCUT2D eigenvalue weighted by Crippen LogP contribution is -2.31. The summed E-state index contributed by atoms with van der Waals surface area (Å²) in [5, 5.41) is 11.3. The van der Waals surface area contributed by atoms with E-state index < -0.39 is 17.7 Å². The Hall–Kier alpha value is -3.71. The summed E-state index contributed by atoms with van der Waals surface area (Å²) in [7, 11) is 1.47. The number of ketones is 1. The molecule has 3 aromatic rings. The highest BCUT2D eigenvalue weighted by Gasteiger charge is 2.46. The molecule has 8 heteroatoms. The Morgan fingerprint density at radius 1 is 1.18 bits per heavy atom. The van der Waals surface area contributed by atoms with Gasteiger partial charge in [-0.15, -0.1) is 0 Å². The van der Waals surface area contributed by atoms with Crippen molar-refractivity contribution in [2.24, 2.45) is 0 Å². The summed E-state index contributed by atoms with van der Waals surface area (Å²) in [4.78, 5) is 31.5. The molecule has 33 heavy (non-hydrogen) atoms. The van der Waals surface area contributed by atoms with Crippen molar-refractivity contribution >= 4 is 29.1 Å². The van der Waals surface area contributed by atoms with Crippen molar-refractivity contribution in [1.29, 1.82) is 0 Å². The maximum atomic E-state index is 13.2. The van der Waals surface area contributed by atoms with E-state index in [1.807, 2.05) is 0 Å². The second kappa shape index (κ2) is 9.42. The molecule has 1 saturated heterocycles. The molecule has 0 saturated carbocycles. The van der Waals surface area contributed by atoms with Gasteiger partial charge in [0.05, 0.1) is 23.7 Å². The number of aliphatic hydroxyl groups excluding tert-OH is 1. The molecule has 1 amide bonds. The lowest BCUT2D eigenvalue weighted by Gasteiger charge is -2.25. The van der Waals surface area contributed by atoms with E-state index in [9.17, 15) is 19.1 Å². The van der Waals surface area contributed by atoms with Gasteiger partial charge in [-0.3, -0.25) is 14.6 Å². The number of rotatable bonds is 6. The number of ether oxygens (including phenoxy) is 1. The van der Waals surface area contributed by atoms with Crippen molar-refractivity contribution < 1.29 is 23.8 Å². The number of amides is 1. The predicted molar refractivity (Wildman–Crippen MR) is 121 cm³/mol. The van der Waals surface area contributed by atoms with Gasteiger partial charge in [0.1, 0.15) is 17.3 Å². The summed E-state index contributed by atoms with van der Waals surface area (Å²) in [6, 6.07) is 13.2. The van der Waals surface area contributed by atoms with Crippen LogP contribution < -0.4 is 4.74 Å². The average molecular weight is 467 g/mol. The van der Waals surface area contributed by atoms with Crippen LogP contribution in [0, 0.1) is 5.82 Å². The normalized spacial score (nSPS) is 17.4. The minimum atomic E-state index is -0.833. The number of carbonyl (C=O) groups is 2. The van der Waals surface area contributed by atoms with Crippen LogP contribution in [0.5, 0.6) is 5.75 Å². The molecule has 1 aliphatic heterocycles. The number of aliphatic hydroxyl groups is 1. The third kappa shape index (κ3) is 4.45. The molecule has 1 fully saturated rings. The molecule has 1 aliphatic rings. The first-order chi connectivity index (χ1) is 15.9. The molecule has 0 aliphatic carbocycles. The average Bonchev–Trinajstić information content (AvgIpc) is 3.08. The predicted octanol–water partition coefficient (Wildman–Crippen LogP) is 4.55. The molecule has 168 valence electrons. The summed E-state index contributed by atoms with van der Waals surface area (Å²) in [5.74, 6) is -1.81. The zero-order chi connectivity index (χ0) is 23.5. The number of likely N-dealkylation sites (tertiary alicyclic amines) is 1. The van der Waals surface area contributed by atoms with Crippen LogP contribution >= 0.6 is 11.6 Å². The van der Waals surface area contributed by atoms with Crippen LogP contribution in [-0.2, 0) is 16.0 Å². The van der Waals surface area contributed by atoms with E-state index in [0.29, 0.717) is 17.7 Å². The highest BCUT2D eigenvalue weighted by Crippen LogP contribution is 2.40. The highest BCUT2D eigenvalue weighted by atomic mass is 35.5. The topological polar surface area (TPSA) is 79.7 Å². The fourth-order valence-electron chi connectivity index (χ4n) is 3.86. The molecule has 0 spiro atoms. The number of methoxy groups -OCH3 is 1. The van der Waals surface area contributed by atoms with E-state index in [0.717, 1.165) is 5.56 Å². The second-order valence-corrected chi connectivity index (χ2v) is 7.91. The van der Waals surface area contributed by atoms with Crippen LogP contribution in [0.25, 0.3) is 5.76 Å². The summed E-state index contributed by atoms with van der Waals surface area (Å²) >= 11 is 6.20. The monoisotopic (exact) mass is 466 g/mol. The Labute approximate surface area is 194 Å². The zero-order valence-corrected chi connectivity index (χ0v) is 18.4. The van der Waals surface area contributed by atoms with E-state index in [2.05, 4.69) is 4.98 Å². The first kappa shape index (κ1) is 22.5. The Kier molecular flexibility index (Phi) is 6.42. The molecular weight excluding hydrogens is 447 g/mol. The lowest BCUT2D eigenvalue weighted by molar-refractivity contribution is -0.139. The molecule has 4 rings (SSSR count). The van der Waals surface area contributed by atoms with Gasteiger partial charge in [-0.1, -0.05) is 29.8 Å². The van der Waals surface area contributed by atoms with Gasteiger partial charge in [-0.25, -0.2) is 4.39 Å². The second-order valence-electron chi connectivity index (χ2n) is 7.50. The van der Waals surface area contributed by atoms with Crippen LogP contribution in [0.3, 0.4) is 0 Å². The van der Waals surface area contributed by atoms with Gasteiger partial charge in [-0.05, 0) is 53.9 Å². The summed E-state index contributed by atoms with van der Waals surface area (Å²) < 4.78 is 18.4. The maximum absolute atomic E-state index is 13.2. The first-order valence-corrected chi connectivity index (χ1v) is 10.5.